The number of rotatable bonds is 3. The molecular weight excluding hydrogens is 242 g/mol. The molecule has 1 aromatic carbocycles. The molecule has 0 bridgehead atoms. The fourth-order valence-corrected chi connectivity index (χ4v) is 1.98. The van der Waals surface area contributed by atoms with Crippen molar-refractivity contribution in [2.75, 3.05) is 0 Å². The molecule has 3 aromatic rings. The maximum Gasteiger partial charge on any atom is 0.161 e. The third-order valence-electron chi connectivity index (χ3n) is 2.98. The number of phenolic OH excluding ortho intramolecular Hbond substituents is 1. The number of phenols is 1. The molecule has 0 unspecified atom stereocenters. The molecule has 0 aliphatic heterocycles. The number of fused-ring (bicyclic) bond motifs is 1. The van der Waals surface area contributed by atoms with Gasteiger partial charge in [-0.2, -0.15) is 0 Å². The fraction of sp³-hybridized carbons (Fsp3) is 0.0714. The topological polar surface area (TPSA) is 67.5 Å². The van der Waals surface area contributed by atoms with Crippen molar-refractivity contribution in [3.05, 3.63) is 59.5 Å². The summed E-state index contributed by atoms with van der Waals surface area (Å²) < 4.78 is 1.80. The van der Waals surface area contributed by atoms with Crippen molar-refractivity contribution >= 4 is 11.9 Å². The van der Waals surface area contributed by atoms with E-state index in [0.717, 1.165) is 11.8 Å². The smallest absolute Gasteiger partial charge is 0.161 e. The van der Waals surface area contributed by atoms with E-state index in [0.29, 0.717) is 23.5 Å². The molecule has 0 saturated heterocycles. The first-order valence-corrected chi connectivity index (χ1v) is 5.83. The van der Waals surface area contributed by atoms with E-state index in [1.165, 1.54) is 0 Å². The van der Waals surface area contributed by atoms with Crippen LogP contribution in [-0.2, 0) is 6.42 Å². The largest absolute Gasteiger partial charge is 0.508 e. The Kier molecular flexibility index (Phi) is 2.72. The minimum Gasteiger partial charge on any atom is -0.508 e. The number of hydrogen-bond donors (Lipinski definition) is 1. The van der Waals surface area contributed by atoms with Gasteiger partial charge in [0.25, 0.3) is 0 Å². The van der Waals surface area contributed by atoms with Crippen LogP contribution >= 0.6 is 0 Å². The van der Waals surface area contributed by atoms with Crippen LogP contribution in [0.5, 0.6) is 5.75 Å². The highest BCUT2D eigenvalue weighted by molar-refractivity contribution is 5.76. The van der Waals surface area contributed by atoms with Gasteiger partial charge in [0, 0.05) is 23.7 Å². The minimum atomic E-state index is 0.240. The van der Waals surface area contributed by atoms with Gasteiger partial charge in [0.1, 0.15) is 17.9 Å². The van der Waals surface area contributed by atoms with Crippen molar-refractivity contribution in [1.29, 1.82) is 0 Å². The second-order valence-corrected chi connectivity index (χ2v) is 4.23. The number of carbonyl (C=O) groups is 1. The van der Waals surface area contributed by atoms with Crippen LogP contribution in [0.4, 0.5) is 0 Å². The molecule has 0 saturated carbocycles. The Morgan fingerprint density at radius 1 is 1.21 bits per heavy atom. The molecule has 0 radical (unpaired) electrons. The van der Waals surface area contributed by atoms with Gasteiger partial charge in [0.2, 0.25) is 0 Å². The molecule has 5 nitrogen and oxygen atoms in total. The van der Waals surface area contributed by atoms with E-state index >= 15 is 0 Å². The zero-order valence-electron chi connectivity index (χ0n) is 10.0. The number of aromatic nitrogens is 3. The lowest BCUT2D eigenvalue weighted by Crippen LogP contribution is -1.97. The van der Waals surface area contributed by atoms with Crippen LogP contribution in [0.1, 0.15) is 21.7 Å². The standard InChI is InChI=1S/C14H11N3O2/c18-9-10-5-6-17-13(7-10)15-16-14(17)8-11-3-1-2-4-12(11)19/h1-7,9,19H,8H2. The van der Waals surface area contributed by atoms with Crippen molar-refractivity contribution < 1.29 is 9.90 Å². The summed E-state index contributed by atoms with van der Waals surface area (Å²) in [6.45, 7) is 0. The lowest BCUT2D eigenvalue weighted by Gasteiger charge is -2.03. The van der Waals surface area contributed by atoms with Crippen LogP contribution in [0.3, 0.4) is 0 Å². The number of carbonyl (C=O) groups excluding carboxylic acids is 1. The van der Waals surface area contributed by atoms with Crippen LogP contribution in [0.15, 0.2) is 42.6 Å². The Hall–Kier alpha value is -2.69. The predicted molar refractivity (Wildman–Crippen MR) is 69.3 cm³/mol. The van der Waals surface area contributed by atoms with Crippen molar-refractivity contribution in [3.63, 3.8) is 0 Å². The molecule has 0 atom stereocenters. The monoisotopic (exact) mass is 253 g/mol. The Morgan fingerprint density at radius 2 is 2.05 bits per heavy atom. The number of aromatic hydroxyl groups is 1. The van der Waals surface area contributed by atoms with Crippen LogP contribution in [0.25, 0.3) is 5.65 Å². The first-order valence-electron chi connectivity index (χ1n) is 5.83. The van der Waals surface area contributed by atoms with E-state index in [9.17, 15) is 9.90 Å². The van der Waals surface area contributed by atoms with Crippen molar-refractivity contribution in [1.82, 2.24) is 14.6 Å². The van der Waals surface area contributed by atoms with Gasteiger partial charge in [0.15, 0.2) is 5.65 Å². The molecule has 0 amide bonds. The van der Waals surface area contributed by atoms with Gasteiger partial charge in [-0.05, 0) is 18.2 Å². The highest BCUT2D eigenvalue weighted by atomic mass is 16.3. The molecule has 19 heavy (non-hydrogen) atoms. The summed E-state index contributed by atoms with van der Waals surface area (Å²) in [7, 11) is 0. The van der Waals surface area contributed by atoms with Crippen molar-refractivity contribution in [2.45, 2.75) is 6.42 Å². The summed E-state index contributed by atoms with van der Waals surface area (Å²) >= 11 is 0. The first-order chi connectivity index (χ1) is 9.28. The van der Waals surface area contributed by atoms with E-state index in [2.05, 4.69) is 10.2 Å². The van der Waals surface area contributed by atoms with Crippen LogP contribution in [0.2, 0.25) is 0 Å². The number of nitrogens with zero attached hydrogens (tertiary/aromatic N) is 3. The Labute approximate surface area is 109 Å². The quantitative estimate of drug-likeness (QED) is 0.723. The molecule has 0 aliphatic rings. The van der Waals surface area contributed by atoms with Gasteiger partial charge in [-0.25, -0.2) is 0 Å². The number of hydrogen-bond acceptors (Lipinski definition) is 4. The van der Waals surface area contributed by atoms with Gasteiger partial charge >= 0.3 is 0 Å². The molecular formula is C14H11N3O2. The average molecular weight is 253 g/mol. The van der Waals surface area contributed by atoms with Crippen LogP contribution in [-0.4, -0.2) is 26.0 Å². The van der Waals surface area contributed by atoms with E-state index in [1.807, 2.05) is 12.1 Å². The second-order valence-electron chi connectivity index (χ2n) is 4.23. The Bertz CT molecular complexity index is 749. The van der Waals surface area contributed by atoms with Gasteiger partial charge in [-0.3, -0.25) is 9.20 Å². The summed E-state index contributed by atoms with van der Waals surface area (Å²) in [6, 6.07) is 10.5. The minimum absolute atomic E-state index is 0.240. The highest BCUT2D eigenvalue weighted by Gasteiger charge is 2.09. The fourth-order valence-electron chi connectivity index (χ4n) is 1.98. The normalized spacial score (nSPS) is 10.7. The van der Waals surface area contributed by atoms with Crippen molar-refractivity contribution in [3.8, 4) is 5.75 Å². The van der Waals surface area contributed by atoms with Crippen LogP contribution in [0, 0.1) is 0 Å². The predicted octanol–water partition coefficient (Wildman–Crippen LogP) is 1.84. The number of para-hydroxylation sites is 1. The summed E-state index contributed by atoms with van der Waals surface area (Å²) in [4.78, 5) is 10.7. The summed E-state index contributed by atoms with van der Waals surface area (Å²) in [5.41, 5.74) is 1.97. The maximum atomic E-state index is 10.7. The Balaban J connectivity index is 2.02. The highest BCUT2D eigenvalue weighted by Crippen LogP contribution is 2.19. The lowest BCUT2D eigenvalue weighted by atomic mass is 10.1. The van der Waals surface area contributed by atoms with Gasteiger partial charge in [-0.1, -0.05) is 18.2 Å². The molecule has 5 heteroatoms. The summed E-state index contributed by atoms with van der Waals surface area (Å²) in [6.07, 6.45) is 3.01. The lowest BCUT2D eigenvalue weighted by molar-refractivity contribution is 0.112. The zero-order chi connectivity index (χ0) is 13.2. The average Bonchev–Trinajstić information content (AvgIpc) is 2.83. The zero-order valence-corrected chi connectivity index (χ0v) is 10.0. The molecule has 0 aliphatic carbocycles. The molecule has 0 fully saturated rings. The third kappa shape index (κ3) is 2.06. The van der Waals surface area contributed by atoms with E-state index in [1.54, 1.807) is 34.9 Å². The number of benzene rings is 1. The number of pyridine rings is 1. The van der Waals surface area contributed by atoms with Gasteiger partial charge in [0.05, 0.1) is 0 Å². The molecule has 1 N–H and O–H groups in total. The van der Waals surface area contributed by atoms with E-state index in [-0.39, 0.29) is 5.75 Å². The van der Waals surface area contributed by atoms with Gasteiger partial charge < -0.3 is 5.11 Å². The molecule has 3 rings (SSSR count). The molecule has 0 spiro atoms. The molecule has 94 valence electrons. The SMILES string of the molecule is O=Cc1ccn2c(Cc3ccccc3O)nnc2c1. The first kappa shape index (κ1) is 11.4. The maximum absolute atomic E-state index is 10.7. The molecule has 2 aromatic heterocycles. The second kappa shape index (κ2) is 4.53. The van der Waals surface area contributed by atoms with Crippen molar-refractivity contribution in [2.24, 2.45) is 0 Å². The molecule has 2 heterocycles. The summed E-state index contributed by atoms with van der Waals surface area (Å²) in [5, 5.41) is 17.9. The van der Waals surface area contributed by atoms with E-state index in [4.69, 9.17) is 0 Å². The Morgan fingerprint density at radius 3 is 2.84 bits per heavy atom. The van der Waals surface area contributed by atoms with E-state index < -0.39 is 0 Å². The van der Waals surface area contributed by atoms with Gasteiger partial charge in [-0.15, -0.1) is 10.2 Å². The van der Waals surface area contributed by atoms with Crippen LogP contribution < -0.4 is 0 Å². The summed E-state index contributed by atoms with van der Waals surface area (Å²) in [5.74, 6) is 0.956. The number of aldehydes is 1. The third-order valence-corrected chi connectivity index (χ3v) is 2.98.